The zero-order valence-corrected chi connectivity index (χ0v) is 16.4. The van der Waals surface area contributed by atoms with Gasteiger partial charge in [0.15, 0.2) is 17.3 Å². The van der Waals surface area contributed by atoms with Crippen molar-refractivity contribution in [2.75, 3.05) is 19.5 Å². The van der Waals surface area contributed by atoms with E-state index in [1.807, 2.05) is 0 Å². The summed E-state index contributed by atoms with van der Waals surface area (Å²) in [4.78, 5) is 23.6. The molecule has 148 valence electrons. The van der Waals surface area contributed by atoms with Gasteiger partial charge in [0.25, 0.3) is 0 Å². The molecule has 0 heterocycles. The van der Waals surface area contributed by atoms with Crippen molar-refractivity contribution in [1.29, 1.82) is 0 Å². The Labute approximate surface area is 162 Å². The third-order valence-electron chi connectivity index (χ3n) is 4.52. The number of anilines is 1. The molecule has 3 N–H and O–H groups in total. The second kappa shape index (κ2) is 7.25. The summed E-state index contributed by atoms with van der Waals surface area (Å²) in [6.07, 6.45) is 0.0903. The van der Waals surface area contributed by atoms with Crippen molar-refractivity contribution in [3.05, 3.63) is 41.5 Å². The Bertz CT molecular complexity index is 1060. The van der Waals surface area contributed by atoms with Crippen LogP contribution in [0.4, 0.5) is 5.69 Å². The van der Waals surface area contributed by atoms with Gasteiger partial charge >= 0.3 is 0 Å². The minimum absolute atomic E-state index is 0.0175. The molecule has 0 bridgehead atoms. The number of amides is 1. The molecule has 28 heavy (non-hydrogen) atoms. The Morgan fingerprint density at radius 3 is 2.36 bits per heavy atom. The van der Waals surface area contributed by atoms with Gasteiger partial charge in [0.05, 0.1) is 35.6 Å². The van der Waals surface area contributed by atoms with Gasteiger partial charge in [0.2, 0.25) is 15.7 Å². The van der Waals surface area contributed by atoms with E-state index in [1.165, 1.54) is 51.5 Å². The molecular formula is C19H20N2O6S. The predicted molar refractivity (Wildman–Crippen MR) is 102 cm³/mol. The number of ether oxygens (including phenoxy) is 2. The normalized spacial score (nSPS) is 15.9. The van der Waals surface area contributed by atoms with Crippen LogP contribution in [-0.4, -0.2) is 40.4 Å². The number of benzene rings is 2. The average Bonchev–Trinajstić information content (AvgIpc) is 2.95. The summed E-state index contributed by atoms with van der Waals surface area (Å²) < 4.78 is 37.1. The fourth-order valence-corrected chi connectivity index (χ4v) is 4.78. The van der Waals surface area contributed by atoms with Crippen molar-refractivity contribution in [3.63, 3.8) is 0 Å². The van der Waals surface area contributed by atoms with E-state index in [2.05, 4.69) is 5.32 Å². The smallest absolute Gasteiger partial charge is 0.221 e. The number of rotatable bonds is 5. The van der Waals surface area contributed by atoms with Crippen LogP contribution in [0.3, 0.4) is 0 Å². The number of sulfone groups is 1. The van der Waals surface area contributed by atoms with Crippen molar-refractivity contribution in [2.45, 2.75) is 29.2 Å². The van der Waals surface area contributed by atoms with Gasteiger partial charge in [-0.2, -0.15) is 0 Å². The Morgan fingerprint density at radius 2 is 1.82 bits per heavy atom. The van der Waals surface area contributed by atoms with Crippen LogP contribution in [0.25, 0.3) is 0 Å². The van der Waals surface area contributed by atoms with Crippen LogP contribution in [0.15, 0.2) is 40.1 Å². The van der Waals surface area contributed by atoms with Crippen LogP contribution < -0.4 is 20.5 Å². The van der Waals surface area contributed by atoms with Crippen LogP contribution in [-0.2, 0) is 21.1 Å². The molecule has 1 atom stereocenters. The van der Waals surface area contributed by atoms with Crippen molar-refractivity contribution in [2.24, 2.45) is 5.73 Å². The van der Waals surface area contributed by atoms with Crippen molar-refractivity contribution >= 4 is 27.2 Å². The fourth-order valence-electron chi connectivity index (χ4n) is 3.26. The quantitative estimate of drug-likeness (QED) is 0.775. The molecule has 1 aliphatic carbocycles. The van der Waals surface area contributed by atoms with Gasteiger partial charge in [-0.05, 0) is 36.2 Å². The largest absolute Gasteiger partial charge is 0.493 e. The molecule has 2 aromatic carbocycles. The van der Waals surface area contributed by atoms with Gasteiger partial charge in [0.1, 0.15) is 0 Å². The molecule has 0 aromatic heterocycles. The molecule has 3 rings (SSSR count). The molecule has 1 amide bonds. The van der Waals surface area contributed by atoms with Gasteiger partial charge in [-0.1, -0.05) is 0 Å². The van der Waals surface area contributed by atoms with Crippen LogP contribution >= 0.6 is 0 Å². The highest BCUT2D eigenvalue weighted by atomic mass is 32.2. The zero-order valence-electron chi connectivity index (χ0n) is 15.6. The zero-order chi connectivity index (χ0) is 20.6. The first kappa shape index (κ1) is 19.8. The lowest BCUT2D eigenvalue weighted by Gasteiger charge is -2.16. The molecule has 0 radical (unpaired) electrons. The van der Waals surface area contributed by atoms with Crippen molar-refractivity contribution in [1.82, 2.24) is 0 Å². The van der Waals surface area contributed by atoms with E-state index in [9.17, 15) is 18.0 Å². The minimum Gasteiger partial charge on any atom is -0.493 e. The molecule has 0 fully saturated rings. The molecule has 1 aliphatic rings. The summed E-state index contributed by atoms with van der Waals surface area (Å²) in [5, 5.41) is 2.58. The summed E-state index contributed by atoms with van der Waals surface area (Å²) in [7, 11) is -1.23. The number of hydrogen-bond acceptors (Lipinski definition) is 7. The van der Waals surface area contributed by atoms with Gasteiger partial charge < -0.3 is 20.5 Å². The highest BCUT2D eigenvalue weighted by Crippen LogP contribution is 2.43. The lowest BCUT2D eigenvalue weighted by molar-refractivity contribution is -0.114. The van der Waals surface area contributed by atoms with E-state index in [0.717, 1.165) is 0 Å². The number of Topliss-reactive ketones (excluding diaryl/α,β-unsaturated/α-hetero) is 1. The van der Waals surface area contributed by atoms with E-state index in [0.29, 0.717) is 11.3 Å². The first-order valence-electron chi connectivity index (χ1n) is 8.41. The predicted octanol–water partition coefficient (Wildman–Crippen LogP) is 1.56. The Balaban J connectivity index is 2.18. The summed E-state index contributed by atoms with van der Waals surface area (Å²) in [5.74, 6) is -0.337. The van der Waals surface area contributed by atoms with Crippen molar-refractivity contribution in [3.8, 4) is 11.5 Å². The molecule has 0 saturated carbocycles. The topological polar surface area (TPSA) is 125 Å². The average molecular weight is 404 g/mol. The Kier molecular flexibility index (Phi) is 5.14. The standard InChI is InChI=1S/C19H20N2O6S/c1-10(22)21-11-4-6-12(7-5-11)28(24,25)16-9-15(26-2)19(27-3)17-13(16)8-14(20)18(17)23/h4-7,9,14H,8,20H2,1-3H3,(H,21,22). The monoisotopic (exact) mass is 404 g/mol. The molecule has 0 aliphatic heterocycles. The maximum atomic E-state index is 13.3. The van der Waals surface area contributed by atoms with E-state index in [1.54, 1.807) is 0 Å². The first-order chi connectivity index (χ1) is 13.2. The second-order valence-electron chi connectivity index (χ2n) is 6.35. The van der Waals surface area contributed by atoms with E-state index in [-0.39, 0.29) is 45.0 Å². The van der Waals surface area contributed by atoms with Gasteiger partial charge in [-0.15, -0.1) is 0 Å². The minimum atomic E-state index is -3.97. The number of carbonyl (C=O) groups excluding carboxylic acids is 2. The number of hydrogen-bond donors (Lipinski definition) is 2. The molecule has 2 aromatic rings. The lowest BCUT2D eigenvalue weighted by atomic mass is 10.1. The van der Waals surface area contributed by atoms with Gasteiger partial charge in [0, 0.05) is 18.7 Å². The summed E-state index contributed by atoms with van der Waals surface area (Å²) in [6, 6.07) is 6.27. The molecular weight excluding hydrogens is 384 g/mol. The molecule has 1 unspecified atom stereocenters. The number of nitrogens with two attached hydrogens (primary N) is 1. The van der Waals surface area contributed by atoms with E-state index >= 15 is 0 Å². The van der Waals surface area contributed by atoms with Crippen LogP contribution in [0.5, 0.6) is 11.5 Å². The van der Waals surface area contributed by atoms with E-state index < -0.39 is 15.9 Å². The molecule has 8 nitrogen and oxygen atoms in total. The van der Waals surface area contributed by atoms with Crippen molar-refractivity contribution < 1.29 is 27.5 Å². The summed E-state index contributed by atoms with van der Waals surface area (Å²) >= 11 is 0. The summed E-state index contributed by atoms with van der Waals surface area (Å²) in [6.45, 7) is 1.36. The van der Waals surface area contributed by atoms with Crippen LogP contribution in [0, 0.1) is 0 Å². The second-order valence-corrected chi connectivity index (χ2v) is 8.27. The third kappa shape index (κ3) is 3.23. The summed E-state index contributed by atoms with van der Waals surface area (Å²) in [5.41, 5.74) is 6.82. The Morgan fingerprint density at radius 1 is 1.18 bits per heavy atom. The number of nitrogens with one attached hydrogen (secondary N) is 1. The number of methoxy groups -OCH3 is 2. The Hall–Kier alpha value is -2.91. The van der Waals surface area contributed by atoms with Gasteiger partial charge in [-0.25, -0.2) is 8.42 Å². The number of ketones is 1. The highest BCUT2D eigenvalue weighted by Gasteiger charge is 2.38. The first-order valence-corrected chi connectivity index (χ1v) is 9.89. The number of fused-ring (bicyclic) bond motifs is 1. The molecule has 0 spiro atoms. The van der Waals surface area contributed by atoms with E-state index in [4.69, 9.17) is 15.2 Å². The highest BCUT2D eigenvalue weighted by molar-refractivity contribution is 7.91. The maximum absolute atomic E-state index is 13.3. The van der Waals surface area contributed by atoms with Crippen LogP contribution in [0.2, 0.25) is 0 Å². The fraction of sp³-hybridized carbons (Fsp3) is 0.263. The third-order valence-corrected chi connectivity index (χ3v) is 6.35. The molecule has 9 heteroatoms. The van der Waals surface area contributed by atoms with Crippen LogP contribution in [0.1, 0.15) is 22.8 Å². The SMILES string of the molecule is COc1cc(S(=O)(=O)c2ccc(NC(C)=O)cc2)c2c(c1OC)C(=O)C(N)C2. The maximum Gasteiger partial charge on any atom is 0.221 e. The lowest BCUT2D eigenvalue weighted by Crippen LogP contribution is -2.26. The van der Waals surface area contributed by atoms with Gasteiger partial charge in [-0.3, -0.25) is 9.59 Å². The molecule has 0 saturated heterocycles. The number of carbonyl (C=O) groups is 2.